The van der Waals surface area contributed by atoms with Crippen molar-refractivity contribution in [2.75, 3.05) is 14.2 Å². The number of rotatable bonds is 5. The van der Waals surface area contributed by atoms with Crippen molar-refractivity contribution in [2.45, 2.75) is 62.0 Å². The second-order valence-electron chi connectivity index (χ2n) is 4.90. The number of nitrogens with one attached hydrogen (secondary N) is 1. The summed E-state index contributed by atoms with van der Waals surface area (Å²) < 4.78 is 4.95. The molecule has 0 spiro atoms. The molecule has 0 bridgehead atoms. The van der Waals surface area contributed by atoms with Crippen LogP contribution in [-0.2, 0) is 9.53 Å². The molecule has 3 atom stereocenters. The van der Waals surface area contributed by atoms with E-state index in [4.69, 9.17) is 4.74 Å². The average molecular weight is 259 g/mol. The highest BCUT2D eigenvalue weighted by molar-refractivity contribution is 8.00. The smallest absolute Gasteiger partial charge is 0.326 e. The number of carbonyl (C=O) groups excluding carboxylic acids is 1. The van der Waals surface area contributed by atoms with E-state index in [1.54, 1.807) is 0 Å². The van der Waals surface area contributed by atoms with Crippen molar-refractivity contribution < 1.29 is 9.53 Å². The number of hydrogen-bond donors (Lipinski definition) is 1. The number of carbonyl (C=O) groups is 1. The van der Waals surface area contributed by atoms with Crippen LogP contribution in [0.1, 0.15) is 46.0 Å². The van der Waals surface area contributed by atoms with Crippen LogP contribution in [0.2, 0.25) is 0 Å². The topological polar surface area (TPSA) is 38.3 Å². The van der Waals surface area contributed by atoms with Gasteiger partial charge in [-0.3, -0.25) is 4.79 Å². The van der Waals surface area contributed by atoms with Gasteiger partial charge in [0, 0.05) is 10.5 Å². The second kappa shape index (κ2) is 6.64. The summed E-state index contributed by atoms with van der Waals surface area (Å²) in [6, 6.07) is 0. The van der Waals surface area contributed by atoms with E-state index in [-0.39, 0.29) is 5.97 Å². The van der Waals surface area contributed by atoms with Crippen molar-refractivity contribution >= 4 is 17.7 Å². The maximum atomic E-state index is 11.9. The van der Waals surface area contributed by atoms with Gasteiger partial charge in [0.1, 0.15) is 5.54 Å². The third-order valence-electron chi connectivity index (χ3n) is 3.76. The van der Waals surface area contributed by atoms with Crippen molar-refractivity contribution in [1.29, 1.82) is 0 Å². The largest absolute Gasteiger partial charge is 0.468 e. The Morgan fingerprint density at radius 1 is 1.65 bits per heavy atom. The molecule has 0 aromatic heterocycles. The summed E-state index contributed by atoms with van der Waals surface area (Å²) >= 11 is 2.02. The minimum atomic E-state index is -0.446. The van der Waals surface area contributed by atoms with E-state index in [1.165, 1.54) is 20.0 Å². The molecule has 3 unspecified atom stereocenters. The summed E-state index contributed by atoms with van der Waals surface area (Å²) in [5.41, 5.74) is -0.446. The van der Waals surface area contributed by atoms with Crippen LogP contribution in [0.4, 0.5) is 0 Å². The summed E-state index contributed by atoms with van der Waals surface area (Å²) in [5, 5.41) is 4.45. The zero-order valence-electron chi connectivity index (χ0n) is 11.4. The van der Waals surface area contributed by atoms with Crippen LogP contribution in [0.25, 0.3) is 0 Å². The maximum Gasteiger partial charge on any atom is 0.326 e. The van der Waals surface area contributed by atoms with E-state index < -0.39 is 5.54 Å². The molecule has 0 radical (unpaired) electrons. The van der Waals surface area contributed by atoms with Crippen molar-refractivity contribution in [3.05, 3.63) is 0 Å². The molecule has 0 aromatic rings. The molecule has 1 aliphatic carbocycles. The Balaban J connectivity index is 2.65. The molecule has 17 heavy (non-hydrogen) atoms. The summed E-state index contributed by atoms with van der Waals surface area (Å²) in [4.78, 5) is 11.9. The summed E-state index contributed by atoms with van der Waals surface area (Å²) in [5.74, 6) is -0.102. The standard InChI is InChI=1S/C13H25NO2S/c1-5-10(2)17-11-7-6-8-13(9-11,14-3)12(15)16-4/h10-11,14H,5-9H2,1-4H3. The van der Waals surface area contributed by atoms with Gasteiger partial charge in [-0.25, -0.2) is 0 Å². The first kappa shape index (κ1) is 14.8. The van der Waals surface area contributed by atoms with E-state index in [1.807, 2.05) is 18.8 Å². The Morgan fingerprint density at radius 3 is 2.88 bits per heavy atom. The molecule has 0 aliphatic heterocycles. The van der Waals surface area contributed by atoms with Crippen LogP contribution >= 0.6 is 11.8 Å². The first-order valence-corrected chi connectivity index (χ1v) is 7.45. The van der Waals surface area contributed by atoms with Crippen LogP contribution in [-0.4, -0.2) is 36.2 Å². The lowest BCUT2D eigenvalue weighted by Gasteiger charge is -2.38. The molecule has 1 aliphatic rings. The average Bonchev–Trinajstić information content (AvgIpc) is 2.37. The lowest BCUT2D eigenvalue weighted by molar-refractivity contribution is -0.149. The molecule has 0 amide bonds. The number of methoxy groups -OCH3 is 1. The lowest BCUT2D eigenvalue weighted by Crippen LogP contribution is -2.54. The Bertz CT molecular complexity index is 260. The number of hydrogen-bond acceptors (Lipinski definition) is 4. The van der Waals surface area contributed by atoms with E-state index in [9.17, 15) is 4.79 Å². The van der Waals surface area contributed by atoms with Gasteiger partial charge in [0.2, 0.25) is 0 Å². The molecule has 100 valence electrons. The normalized spacial score (nSPS) is 30.9. The predicted octanol–water partition coefficient (Wildman–Crippen LogP) is 2.59. The van der Waals surface area contributed by atoms with E-state index in [0.717, 1.165) is 19.3 Å². The van der Waals surface area contributed by atoms with Gasteiger partial charge in [0.15, 0.2) is 0 Å². The molecule has 1 rings (SSSR count). The molecule has 0 saturated heterocycles. The molecular weight excluding hydrogens is 234 g/mol. The molecule has 1 fully saturated rings. The van der Waals surface area contributed by atoms with E-state index in [0.29, 0.717) is 10.5 Å². The summed E-state index contributed by atoms with van der Waals surface area (Å²) in [7, 11) is 3.35. The van der Waals surface area contributed by atoms with Crippen molar-refractivity contribution in [1.82, 2.24) is 5.32 Å². The van der Waals surface area contributed by atoms with Crippen LogP contribution in [0, 0.1) is 0 Å². The van der Waals surface area contributed by atoms with Crippen molar-refractivity contribution in [3.8, 4) is 0 Å². The molecule has 3 nitrogen and oxygen atoms in total. The number of esters is 1. The third-order valence-corrected chi connectivity index (χ3v) is 5.35. The third kappa shape index (κ3) is 3.62. The Labute approximate surface area is 109 Å². The number of thioether (sulfide) groups is 1. The summed E-state index contributed by atoms with van der Waals surface area (Å²) in [6.07, 6.45) is 5.30. The Hall–Kier alpha value is -0.220. The maximum absolute atomic E-state index is 11.9. The zero-order chi connectivity index (χ0) is 12.9. The highest BCUT2D eigenvalue weighted by Crippen LogP contribution is 2.37. The van der Waals surface area contributed by atoms with Crippen molar-refractivity contribution in [3.63, 3.8) is 0 Å². The van der Waals surface area contributed by atoms with Crippen molar-refractivity contribution in [2.24, 2.45) is 0 Å². The van der Waals surface area contributed by atoms with Gasteiger partial charge in [0.25, 0.3) is 0 Å². The fourth-order valence-electron chi connectivity index (χ4n) is 2.48. The molecule has 4 heteroatoms. The molecule has 0 heterocycles. The highest BCUT2D eigenvalue weighted by Gasteiger charge is 2.42. The van der Waals surface area contributed by atoms with Crippen LogP contribution in [0.5, 0.6) is 0 Å². The second-order valence-corrected chi connectivity index (χ2v) is 6.64. The van der Waals surface area contributed by atoms with Gasteiger partial charge >= 0.3 is 5.97 Å². The molecule has 0 aromatic carbocycles. The number of likely N-dealkylation sites (N-methyl/N-ethyl adjacent to an activating group) is 1. The van der Waals surface area contributed by atoms with Gasteiger partial charge in [-0.2, -0.15) is 11.8 Å². The van der Waals surface area contributed by atoms with Gasteiger partial charge in [0.05, 0.1) is 7.11 Å². The fourth-order valence-corrected chi connectivity index (χ4v) is 4.01. The minimum Gasteiger partial charge on any atom is -0.468 e. The number of ether oxygens (including phenoxy) is 1. The first-order valence-electron chi connectivity index (χ1n) is 6.50. The Morgan fingerprint density at radius 2 is 2.35 bits per heavy atom. The monoisotopic (exact) mass is 259 g/mol. The molecular formula is C13H25NO2S. The van der Waals surface area contributed by atoms with Crippen LogP contribution in [0.15, 0.2) is 0 Å². The van der Waals surface area contributed by atoms with Gasteiger partial charge in [-0.05, 0) is 39.2 Å². The quantitative estimate of drug-likeness (QED) is 0.770. The molecule has 1 saturated carbocycles. The predicted molar refractivity (Wildman–Crippen MR) is 73.4 cm³/mol. The summed E-state index contributed by atoms with van der Waals surface area (Å²) in [6.45, 7) is 4.48. The highest BCUT2D eigenvalue weighted by atomic mass is 32.2. The van der Waals surface area contributed by atoms with E-state index >= 15 is 0 Å². The van der Waals surface area contributed by atoms with Crippen LogP contribution in [0.3, 0.4) is 0 Å². The van der Waals surface area contributed by atoms with Crippen LogP contribution < -0.4 is 5.32 Å². The van der Waals surface area contributed by atoms with Gasteiger partial charge in [-0.15, -0.1) is 0 Å². The van der Waals surface area contributed by atoms with E-state index in [2.05, 4.69) is 19.2 Å². The first-order chi connectivity index (χ1) is 8.07. The van der Waals surface area contributed by atoms with Gasteiger partial charge < -0.3 is 10.1 Å². The zero-order valence-corrected chi connectivity index (χ0v) is 12.2. The van der Waals surface area contributed by atoms with Gasteiger partial charge in [-0.1, -0.05) is 13.8 Å². The fraction of sp³-hybridized carbons (Fsp3) is 0.923. The SMILES string of the molecule is CCC(C)SC1CCCC(NC)(C(=O)OC)C1. The lowest BCUT2D eigenvalue weighted by atomic mass is 9.81. The Kier molecular flexibility index (Phi) is 5.80. The minimum absolute atomic E-state index is 0.102. The molecule has 1 N–H and O–H groups in total.